The second-order valence-corrected chi connectivity index (χ2v) is 5.55. The zero-order chi connectivity index (χ0) is 14.1. The van der Waals surface area contributed by atoms with Crippen molar-refractivity contribution in [1.29, 1.82) is 0 Å². The maximum atomic E-state index is 10.2. The lowest BCUT2D eigenvalue weighted by Gasteiger charge is -2.17. The number of hydrogen-bond acceptors (Lipinski definition) is 2. The third-order valence-electron chi connectivity index (χ3n) is 3.69. The van der Waals surface area contributed by atoms with E-state index < -0.39 is 6.10 Å². The van der Waals surface area contributed by atoms with Gasteiger partial charge in [-0.15, -0.1) is 12.4 Å². The molecule has 0 spiro atoms. The molecule has 0 saturated heterocycles. The van der Waals surface area contributed by atoms with Gasteiger partial charge in [0.05, 0.1) is 6.10 Å². The van der Waals surface area contributed by atoms with Crippen LogP contribution in [0, 0.1) is 0 Å². The van der Waals surface area contributed by atoms with Gasteiger partial charge in [0.15, 0.2) is 0 Å². The van der Waals surface area contributed by atoms with Crippen LogP contribution in [0.4, 0.5) is 0 Å². The van der Waals surface area contributed by atoms with Crippen molar-refractivity contribution in [3.63, 3.8) is 0 Å². The van der Waals surface area contributed by atoms with Gasteiger partial charge in [-0.25, -0.2) is 0 Å². The first-order chi connectivity index (χ1) is 9.65. The van der Waals surface area contributed by atoms with Crippen LogP contribution in [-0.4, -0.2) is 30.6 Å². The third-order valence-corrected chi connectivity index (χ3v) is 3.69. The number of aliphatic hydroxyl groups is 1. The minimum absolute atomic E-state index is 0. The van der Waals surface area contributed by atoms with Gasteiger partial charge in [-0.1, -0.05) is 48.5 Å². The minimum atomic E-state index is -0.444. The predicted octanol–water partition coefficient (Wildman–Crippen LogP) is 4.01. The molecule has 1 N–H and O–H groups in total. The maximum absolute atomic E-state index is 10.2. The molecule has 0 aliphatic carbocycles. The van der Waals surface area contributed by atoms with E-state index in [9.17, 15) is 5.11 Å². The molecular weight excluding hydrogens is 282 g/mol. The van der Waals surface area contributed by atoms with Crippen LogP contribution in [0.25, 0.3) is 21.5 Å². The molecule has 0 radical (unpaired) electrons. The highest BCUT2D eigenvalue weighted by Crippen LogP contribution is 2.27. The van der Waals surface area contributed by atoms with Crippen molar-refractivity contribution in [2.45, 2.75) is 6.10 Å². The summed E-state index contributed by atoms with van der Waals surface area (Å²) in [5, 5.41) is 15.2. The summed E-state index contributed by atoms with van der Waals surface area (Å²) < 4.78 is 0. The molecular formula is C18H20ClNO. The summed E-state index contributed by atoms with van der Waals surface area (Å²) in [5.74, 6) is 0. The predicted molar refractivity (Wildman–Crippen MR) is 92.2 cm³/mol. The van der Waals surface area contributed by atoms with Gasteiger partial charge in [-0.2, -0.15) is 0 Å². The van der Waals surface area contributed by atoms with Crippen molar-refractivity contribution >= 4 is 34.0 Å². The lowest BCUT2D eigenvalue weighted by atomic mass is 9.98. The fourth-order valence-electron chi connectivity index (χ4n) is 2.69. The van der Waals surface area contributed by atoms with Crippen LogP contribution in [0.3, 0.4) is 0 Å². The van der Waals surface area contributed by atoms with E-state index >= 15 is 0 Å². The summed E-state index contributed by atoms with van der Waals surface area (Å²) in [4.78, 5) is 2.00. The topological polar surface area (TPSA) is 23.5 Å². The minimum Gasteiger partial charge on any atom is -0.387 e. The zero-order valence-corrected chi connectivity index (χ0v) is 13.1. The number of likely N-dealkylation sites (N-methyl/N-ethyl adjacent to an activating group) is 1. The van der Waals surface area contributed by atoms with Crippen LogP contribution in [0.15, 0.2) is 54.6 Å². The van der Waals surface area contributed by atoms with Crippen molar-refractivity contribution in [2.75, 3.05) is 20.6 Å². The molecule has 1 unspecified atom stereocenters. The number of hydrogen-bond donors (Lipinski definition) is 1. The molecule has 0 aromatic heterocycles. The summed E-state index contributed by atoms with van der Waals surface area (Å²) in [5.41, 5.74) is 0.974. The highest BCUT2D eigenvalue weighted by Gasteiger charge is 2.10. The Labute approximate surface area is 131 Å². The van der Waals surface area contributed by atoms with Crippen molar-refractivity contribution in [1.82, 2.24) is 4.90 Å². The molecule has 21 heavy (non-hydrogen) atoms. The maximum Gasteiger partial charge on any atom is 0.0916 e. The highest BCUT2D eigenvalue weighted by molar-refractivity contribution is 6.07. The Morgan fingerprint density at radius 1 is 0.905 bits per heavy atom. The number of rotatable bonds is 3. The molecule has 3 aromatic rings. The first-order valence-corrected chi connectivity index (χ1v) is 6.89. The van der Waals surface area contributed by atoms with Crippen molar-refractivity contribution in [3.8, 4) is 0 Å². The first-order valence-electron chi connectivity index (χ1n) is 6.89. The van der Waals surface area contributed by atoms with Crippen LogP contribution < -0.4 is 0 Å². The van der Waals surface area contributed by atoms with Crippen LogP contribution in [-0.2, 0) is 0 Å². The molecule has 1 atom stereocenters. The van der Waals surface area contributed by atoms with Gasteiger partial charge in [0.2, 0.25) is 0 Å². The smallest absolute Gasteiger partial charge is 0.0916 e. The van der Waals surface area contributed by atoms with Gasteiger partial charge in [-0.3, -0.25) is 0 Å². The fraction of sp³-hybridized carbons (Fsp3) is 0.222. The van der Waals surface area contributed by atoms with Crippen molar-refractivity contribution in [3.05, 3.63) is 60.2 Å². The lowest BCUT2D eigenvalue weighted by Crippen LogP contribution is -2.19. The Bertz CT molecular complexity index is 754. The first kappa shape index (κ1) is 15.8. The average Bonchev–Trinajstić information content (AvgIpc) is 2.45. The number of halogens is 1. The van der Waals surface area contributed by atoms with Gasteiger partial charge in [0.1, 0.15) is 0 Å². The molecule has 110 valence electrons. The number of fused-ring (bicyclic) bond motifs is 3. The van der Waals surface area contributed by atoms with Crippen LogP contribution >= 0.6 is 12.4 Å². The van der Waals surface area contributed by atoms with Crippen LogP contribution in [0.2, 0.25) is 0 Å². The molecule has 0 saturated carbocycles. The third kappa shape index (κ3) is 3.18. The molecule has 3 rings (SSSR count). The molecule has 2 nitrogen and oxygen atoms in total. The van der Waals surface area contributed by atoms with Gasteiger partial charge >= 0.3 is 0 Å². The Morgan fingerprint density at radius 2 is 1.57 bits per heavy atom. The second-order valence-electron chi connectivity index (χ2n) is 5.55. The number of aliphatic hydroxyl groups excluding tert-OH is 1. The summed E-state index contributed by atoms with van der Waals surface area (Å²) in [7, 11) is 3.94. The molecule has 3 aromatic carbocycles. The van der Waals surface area contributed by atoms with Crippen LogP contribution in [0.5, 0.6) is 0 Å². The highest BCUT2D eigenvalue weighted by atomic mass is 35.5. The van der Waals surface area contributed by atoms with E-state index in [0.717, 1.165) is 5.56 Å². The van der Waals surface area contributed by atoms with Crippen LogP contribution in [0.1, 0.15) is 11.7 Å². The number of nitrogens with zero attached hydrogens (tertiary/aromatic N) is 1. The van der Waals surface area contributed by atoms with Crippen molar-refractivity contribution < 1.29 is 5.11 Å². The van der Waals surface area contributed by atoms with E-state index in [0.29, 0.717) is 6.54 Å². The average molecular weight is 302 g/mol. The Hall–Kier alpha value is -1.61. The molecule has 0 bridgehead atoms. The Kier molecular flexibility index (Phi) is 4.84. The molecule has 0 aliphatic heterocycles. The molecule has 3 heteroatoms. The lowest BCUT2D eigenvalue weighted by molar-refractivity contribution is 0.138. The second kappa shape index (κ2) is 6.44. The zero-order valence-electron chi connectivity index (χ0n) is 12.3. The normalized spacial score (nSPS) is 12.6. The summed E-state index contributed by atoms with van der Waals surface area (Å²) >= 11 is 0. The number of benzene rings is 3. The summed E-state index contributed by atoms with van der Waals surface area (Å²) in [6.45, 7) is 0.638. The SMILES string of the molecule is CN(C)CC(O)c1ccc2c(ccc3ccccc32)c1.Cl. The van der Waals surface area contributed by atoms with Gasteiger partial charge in [0.25, 0.3) is 0 Å². The van der Waals surface area contributed by atoms with Gasteiger partial charge in [0, 0.05) is 6.54 Å². The monoisotopic (exact) mass is 301 g/mol. The molecule has 0 aliphatic rings. The van der Waals surface area contributed by atoms with E-state index in [2.05, 4.69) is 48.5 Å². The van der Waals surface area contributed by atoms with E-state index in [1.807, 2.05) is 25.1 Å². The Balaban J connectivity index is 0.00000161. The van der Waals surface area contributed by atoms with E-state index in [4.69, 9.17) is 0 Å². The fourth-order valence-corrected chi connectivity index (χ4v) is 2.69. The van der Waals surface area contributed by atoms with Gasteiger partial charge < -0.3 is 10.0 Å². The molecule has 0 amide bonds. The molecule has 0 heterocycles. The Morgan fingerprint density at radius 3 is 2.33 bits per heavy atom. The summed E-state index contributed by atoms with van der Waals surface area (Å²) in [6, 6.07) is 18.9. The standard InChI is InChI=1S/C18H19NO.ClH/c1-19(2)12-18(20)15-9-10-17-14(11-15)8-7-13-5-3-4-6-16(13)17;/h3-11,18,20H,12H2,1-2H3;1H. The van der Waals surface area contributed by atoms with E-state index in [1.54, 1.807) is 0 Å². The van der Waals surface area contributed by atoms with Gasteiger partial charge in [-0.05, 0) is 47.3 Å². The summed E-state index contributed by atoms with van der Waals surface area (Å²) in [6.07, 6.45) is -0.444. The van der Waals surface area contributed by atoms with E-state index in [-0.39, 0.29) is 12.4 Å². The van der Waals surface area contributed by atoms with Crippen molar-refractivity contribution in [2.24, 2.45) is 0 Å². The molecule has 0 fully saturated rings. The van der Waals surface area contributed by atoms with E-state index in [1.165, 1.54) is 21.5 Å². The largest absolute Gasteiger partial charge is 0.387 e. The quantitative estimate of drug-likeness (QED) is 0.739.